The third-order valence-corrected chi connectivity index (χ3v) is 3.02. The van der Waals surface area contributed by atoms with E-state index < -0.39 is 11.7 Å². The van der Waals surface area contributed by atoms with Crippen molar-refractivity contribution in [3.8, 4) is 5.75 Å². The molecule has 0 saturated heterocycles. The first-order valence-electron chi connectivity index (χ1n) is 5.73. The Kier molecular flexibility index (Phi) is 4.10. The van der Waals surface area contributed by atoms with Gasteiger partial charge in [-0.3, -0.25) is 4.79 Å². The summed E-state index contributed by atoms with van der Waals surface area (Å²) in [5, 5.41) is 0.251. The fraction of sp³-hybridized carbons (Fsp3) is 0.0714. The lowest BCUT2D eigenvalue weighted by Crippen LogP contribution is -2.13. The lowest BCUT2D eigenvalue weighted by molar-refractivity contribution is 0.0996. The van der Waals surface area contributed by atoms with Gasteiger partial charge in [-0.25, -0.2) is 4.39 Å². The van der Waals surface area contributed by atoms with Gasteiger partial charge >= 0.3 is 0 Å². The van der Waals surface area contributed by atoms with E-state index in [1.165, 1.54) is 24.3 Å². The van der Waals surface area contributed by atoms with E-state index in [0.717, 1.165) is 0 Å². The van der Waals surface area contributed by atoms with Gasteiger partial charge in [0.15, 0.2) is 0 Å². The highest BCUT2D eigenvalue weighted by Crippen LogP contribution is 2.24. The Morgan fingerprint density at radius 1 is 1.25 bits per heavy atom. The molecule has 0 atom stereocenters. The van der Waals surface area contributed by atoms with Crippen molar-refractivity contribution in [1.29, 1.82) is 0 Å². The van der Waals surface area contributed by atoms with E-state index in [0.29, 0.717) is 17.0 Å². The average Bonchev–Trinajstić information content (AvgIpc) is 2.38. The summed E-state index contributed by atoms with van der Waals surface area (Å²) in [4.78, 5) is 11.3. The third-order valence-electron chi connectivity index (χ3n) is 2.67. The number of carbonyl (C=O) groups excluding carboxylic acids is 1. The van der Waals surface area contributed by atoms with Crippen LogP contribution in [-0.2, 0) is 6.61 Å². The van der Waals surface area contributed by atoms with Gasteiger partial charge in [0.05, 0.1) is 10.6 Å². The molecule has 2 aromatic carbocycles. The Morgan fingerprint density at radius 2 is 2.00 bits per heavy atom. The molecule has 4 N–H and O–H groups in total. The van der Waals surface area contributed by atoms with Gasteiger partial charge in [-0.15, -0.1) is 0 Å². The average molecular weight is 295 g/mol. The Hall–Kier alpha value is -2.27. The van der Waals surface area contributed by atoms with Crippen LogP contribution in [0.3, 0.4) is 0 Å². The van der Waals surface area contributed by atoms with Crippen LogP contribution in [0.5, 0.6) is 5.75 Å². The molecule has 6 heteroatoms. The summed E-state index contributed by atoms with van der Waals surface area (Å²) in [5.41, 5.74) is 12.0. The summed E-state index contributed by atoms with van der Waals surface area (Å²) in [7, 11) is 0. The molecule has 2 rings (SSSR count). The molecule has 104 valence electrons. The zero-order chi connectivity index (χ0) is 14.7. The van der Waals surface area contributed by atoms with Gasteiger partial charge in [0.1, 0.15) is 18.2 Å². The Balaban J connectivity index is 2.20. The number of hydrogen-bond acceptors (Lipinski definition) is 3. The van der Waals surface area contributed by atoms with Crippen LogP contribution < -0.4 is 16.2 Å². The van der Waals surface area contributed by atoms with Gasteiger partial charge in [0.2, 0.25) is 0 Å². The number of hydrogen-bond donors (Lipinski definition) is 2. The number of primary amides is 1. The number of nitrogens with two attached hydrogens (primary N) is 2. The highest BCUT2D eigenvalue weighted by molar-refractivity contribution is 6.31. The minimum absolute atomic E-state index is 0.0866. The molecule has 0 heterocycles. The van der Waals surface area contributed by atoms with Crippen LogP contribution >= 0.6 is 11.6 Å². The van der Waals surface area contributed by atoms with Crippen molar-refractivity contribution < 1.29 is 13.9 Å². The van der Waals surface area contributed by atoms with Crippen LogP contribution in [0.4, 0.5) is 10.1 Å². The quantitative estimate of drug-likeness (QED) is 0.851. The number of rotatable bonds is 4. The minimum Gasteiger partial charge on any atom is -0.488 e. The Morgan fingerprint density at radius 3 is 2.65 bits per heavy atom. The summed E-state index contributed by atoms with van der Waals surface area (Å²) >= 11 is 5.89. The van der Waals surface area contributed by atoms with Gasteiger partial charge in [0.25, 0.3) is 5.91 Å². The van der Waals surface area contributed by atoms with Crippen molar-refractivity contribution in [2.24, 2.45) is 5.73 Å². The summed E-state index contributed by atoms with van der Waals surface area (Å²) in [6.07, 6.45) is 0. The molecule has 0 unspecified atom stereocenters. The van der Waals surface area contributed by atoms with E-state index >= 15 is 0 Å². The predicted octanol–water partition coefficient (Wildman–Crippen LogP) is 2.74. The van der Waals surface area contributed by atoms with Crippen molar-refractivity contribution in [3.05, 3.63) is 58.4 Å². The number of benzene rings is 2. The highest BCUT2D eigenvalue weighted by atomic mass is 35.5. The topological polar surface area (TPSA) is 78.3 Å². The van der Waals surface area contributed by atoms with Gasteiger partial charge in [-0.05, 0) is 30.3 Å². The number of ether oxygens (including phenoxy) is 1. The number of nitrogen functional groups attached to an aromatic ring is 1. The fourth-order valence-corrected chi connectivity index (χ4v) is 1.88. The van der Waals surface area contributed by atoms with E-state index in [-0.39, 0.29) is 17.2 Å². The standard InChI is InChI=1S/C14H12ClFN2O2/c15-12-5-9(16)2-1-8(12)7-20-13-4-3-10(17)6-11(13)14(18)19/h1-6H,7,17H2,(H2,18,19). The van der Waals surface area contributed by atoms with Crippen molar-refractivity contribution in [2.75, 3.05) is 5.73 Å². The molecule has 20 heavy (non-hydrogen) atoms. The maximum Gasteiger partial charge on any atom is 0.252 e. The normalized spacial score (nSPS) is 10.3. The second-order valence-electron chi connectivity index (χ2n) is 4.14. The van der Waals surface area contributed by atoms with Crippen LogP contribution in [0.15, 0.2) is 36.4 Å². The van der Waals surface area contributed by atoms with E-state index in [1.54, 1.807) is 12.1 Å². The third kappa shape index (κ3) is 3.19. The summed E-state index contributed by atoms with van der Waals surface area (Å²) in [5.74, 6) is -0.770. The summed E-state index contributed by atoms with van der Waals surface area (Å²) < 4.78 is 18.4. The summed E-state index contributed by atoms with van der Waals surface area (Å²) in [6.45, 7) is 0.0866. The maximum absolute atomic E-state index is 12.9. The van der Waals surface area contributed by atoms with E-state index in [2.05, 4.69) is 0 Å². The van der Waals surface area contributed by atoms with Crippen molar-refractivity contribution in [3.63, 3.8) is 0 Å². The number of amides is 1. The highest BCUT2D eigenvalue weighted by Gasteiger charge is 2.11. The molecule has 2 aromatic rings. The van der Waals surface area contributed by atoms with Crippen molar-refractivity contribution in [2.45, 2.75) is 6.61 Å². The monoisotopic (exact) mass is 294 g/mol. The summed E-state index contributed by atoms with van der Waals surface area (Å²) in [6, 6.07) is 8.56. The van der Waals surface area contributed by atoms with E-state index in [4.69, 9.17) is 27.8 Å². The molecule has 0 saturated carbocycles. The largest absolute Gasteiger partial charge is 0.488 e. The van der Waals surface area contributed by atoms with Crippen molar-refractivity contribution in [1.82, 2.24) is 0 Å². The smallest absolute Gasteiger partial charge is 0.252 e. The second-order valence-corrected chi connectivity index (χ2v) is 4.55. The molecule has 0 fully saturated rings. The minimum atomic E-state index is -0.641. The number of carbonyl (C=O) groups is 1. The van der Waals surface area contributed by atoms with Crippen LogP contribution in [0.1, 0.15) is 15.9 Å². The van der Waals surface area contributed by atoms with Gasteiger partial charge in [0, 0.05) is 11.3 Å². The van der Waals surface area contributed by atoms with E-state index in [9.17, 15) is 9.18 Å². The van der Waals surface area contributed by atoms with Gasteiger partial charge in [-0.1, -0.05) is 17.7 Å². The van der Waals surface area contributed by atoms with Crippen LogP contribution in [0, 0.1) is 5.82 Å². The zero-order valence-corrected chi connectivity index (χ0v) is 11.2. The molecule has 0 aromatic heterocycles. The fourth-order valence-electron chi connectivity index (χ4n) is 1.66. The zero-order valence-electron chi connectivity index (χ0n) is 10.4. The Labute approximate surface area is 120 Å². The predicted molar refractivity (Wildman–Crippen MR) is 75.1 cm³/mol. The first-order valence-corrected chi connectivity index (χ1v) is 6.11. The van der Waals surface area contributed by atoms with Crippen LogP contribution in [0.25, 0.3) is 0 Å². The second kappa shape index (κ2) is 5.79. The van der Waals surface area contributed by atoms with Gasteiger partial charge in [-0.2, -0.15) is 0 Å². The molecule has 4 nitrogen and oxygen atoms in total. The van der Waals surface area contributed by atoms with Crippen molar-refractivity contribution >= 4 is 23.2 Å². The molecular weight excluding hydrogens is 283 g/mol. The molecule has 1 amide bonds. The molecule has 0 aliphatic heterocycles. The molecule has 0 aliphatic carbocycles. The molecule has 0 radical (unpaired) electrons. The Bertz CT molecular complexity index is 662. The first-order chi connectivity index (χ1) is 9.47. The maximum atomic E-state index is 12.9. The molecule has 0 aliphatic rings. The van der Waals surface area contributed by atoms with Crippen LogP contribution in [-0.4, -0.2) is 5.91 Å². The van der Waals surface area contributed by atoms with E-state index in [1.807, 2.05) is 0 Å². The molecule has 0 bridgehead atoms. The van der Waals surface area contributed by atoms with Gasteiger partial charge < -0.3 is 16.2 Å². The van der Waals surface area contributed by atoms with Crippen LogP contribution in [0.2, 0.25) is 5.02 Å². The molecular formula is C14H12ClFN2O2. The lowest BCUT2D eigenvalue weighted by Gasteiger charge is -2.11. The molecule has 0 spiro atoms. The number of anilines is 1. The SMILES string of the molecule is NC(=O)c1cc(N)ccc1OCc1ccc(F)cc1Cl. The number of halogens is 2. The first kappa shape index (κ1) is 14.1. The lowest BCUT2D eigenvalue weighted by atomic mass is 10.1.